The van der Waals surface area contributed by atoms with Crippen LogP contribution < -0.4 is 0 Å². The molecule has 3 unspecified atom stereocenters. The van der Waals surface area contributed by atoms with Gasteiger partial charge in [0.05, 0.1) is 11.7 Å². The van der Waals surface area contributed by atoms with Gasteiger partial charge in [0, 0.05) is 0 Å². The summed E-state index contributed by atoms with van der Waals surface area (Å²) in [4.78, 5) is 0. The van der Waals surface area contributed by atoms with Gasteiger partial charge >= 0.3 is 0 Å². The second-order valence-electron chi connectivity index (χ2n) is 12.6. The van der Waals surface area contributed by atoms with Crippen LogP contribution in [0.1, 0.15) is 105 Å². The lowest BCUT2D eigenvalue weighted by atomic mass is 9.47. The first-order chi connectivity index (χ1) is 13.5. The monoisotopic (exact) mass is 402 g/mol. The highest BCUT2D eigenvalue weighted by Gasteiger charge is 2.59. The Morgan fingerprint density at radius 1 is 1.10 bits per heavy atom. The van der Waals surface area contributed by atoms with Crippen molar-refractivity contribution in [2.45, 2.75) is 117 Å². The first kappa shape index (κ1) is 21.9. The molecule has 2 nitrogen and oxygen atoms in total. The first-order valence-corrected chi connectivity index (χ1v) is 12.6. The molecule has 8 atom stereocenters. The van der Waals surface area contributed by atoms with E-state index in [0.29, 0.717) is 10.8 Å². The minimum atomic E-state index is -0.519. The summed E-state index contributed by atoms with van der Waals surface area (Å²) in [5.41, 5.74) is 1.95. The average Bonchev–Trinajstić information content (AvgIpc) is 2.98. The summed E-state index contributed by atoms with van der Waals surface area (Å²) < 4.78 is 0. The standard InChI is InChI=1S/C27H46O2/c1-18(7-6-14-25(2,3)29)22-10-11-23-21-9-8-19-17-20(28)12-15-26(19,4)24(21)13-16-27(22,23)5/h8,18,20-24,28-29H,6-7,9-17H2,1-5H3/t18?,20?,21-,22?,23-,24+,26-,27+/m0/s1. The largest absolute Gasteiger partial charge is 0.393 e. The van der Waals surface area contributed by atoms with E-state index in [1.165, 1.54) is 44.9 Å². The molecule has 0 bridgehead atoms. The molecule has 0 spiro atoms. The van der Waals surface area contributed by atoms with Gasteiger partial charge in [0.1, 0.15) is 0 Å². The Morgan fingerprint density at radius 2 is 1.86 bits per heavy atom. The molecule has 4 rings (SSSR count). The van der Waals surface area contributed by atoms with E-state index in [1.807, 2.05) is 13.8 Å². The van der Waals surface area contributed by atoms with Crippen molar-refractivity contribution in [3.8, 4) is 0 Å². The molecule has 0 amide bonds. The van der Waals surface area contributed by atoms with E-state index >= 15 is 0 Å². The summed E-state index contributed by atoms with van der Waals surface area (Å²) in [5.74, 6) is 4.24. The van der Waals surface area contributed by atoms with Gasteiger partial charge in [-0.3, -0.25) is 0 Å². The molecule has 0 aliphatic heterocycles. The van der Waals surface area contributed by atoms with Crippen molar-refractivity contribution in [3.05, 3.63) is 11.6 Å². The summed E-state index contributed by atoms with van der Waals surface area (Å²) in [7, 11) is 0. The van der Waals surface area contributed by atoms with E-state index in [2.05, 4.69) is 26.8 Å². The number of hydrogen-bond acceptors (Lipinski definition) is 2. The Morgan fingerprint density at radius 3 is 2.59 bits per heavy atom. The number of allylic oxidation sites excluding steroid dienone is 1. The molecule has 3 fully saturated rings. The van der Waals surface area contributed by atoms with Crippen LogP contribution in [-0.4, -0.2) is 21.9 Å². The molecule has 0 heterocycles. The fourth-order valence-corrected chi connectivity index (χ4v) is 8.67. The molecule has 0 aromatic rings. The molecule has 166 valence electrons. The van der Waals surface area contributed by atoms with Crippen LogP contribution in [0.5, 0.6) is 0 Å². The zero-order chi connectivity index (χ0) is 21.0. The number of aliphatic hydroxyl groups excluding tert-OH is 1. The molecule has 2 heteroatoms. The summed E-state index contributed by atoms with van der Waals surface area (Å²) in [6, 6.07) is 0. The van der Waals surface area contributed by atoms with Crippen molar-refractivity contribution in [1.82, 2.24) is 0 Å². The number of aliphatic hydroxyl groups is 2. The Bertz CT molecular complexity index is 631. The topological polar surface area (TPSA) is 40.5 Å². The number of hydrogen-bond donors (Lipinski definition) is 2. The van der Waals surface area contributed by atoms with Gasteiger partial charge in [0.2, 0.25) is 0 Å². The molecule has 2 N–H and O–H groups in total. The summed E-state index contributed by atoms with van der Waals surface area (Å²) >= 11 is 0. The second kappa shape index (κ2) is 7.66. The Hall–Kier alpha value is -0.340. The molecule has 3 saturated carbocycles. The van der Waals surface area contributed by atoms with Crippen LogP contribution in [0.25, 0.3) is 0 Å². The van der Waals surface area contributed by atoms with Crippen LogP contribution in [0, 0.1) is 40.4 Å². The van der Waals surface area contributed by atoms with Crippen LogP contribution >= 0.6 is 0 Å². The number of rotatable bonds is 5. The fourth-order valence-electron chi connectivity index (χ4n) is 8.67. The Balaban J connectivity index is 1.47. The van der Waals surface area contributed by atoms with Gasteiger partial charge < -0.3 is 10.2 Å². The highest BCUT2D eigenvalue weighted by Crippen LogP contribution is 2.67. The van der Waals surface area contributed by atoms with Gasteiger partial charge in [0.15, 0.2) is 0 Å². The third kappa shape index (κ3) is 3.86. The van der Waals surface area contributed by atoms with Crippen molar-refractivity contribution in [2.75, 3.05) is 0 Å². The molecule has 0 aromatic heterocycles. The van der Waals surface area contributed by atoms with E-state index < -0.39 is 5.60 Å². The third-order valence-electron chi connectivity index (χ3n) is 10.3. The van der Waals surface area contributed by atoms with Crippen molar-refractivity contribution < 1.29 is 10.2 Å². The van der Waals surface area contributed by atoms with Gasteiger partial charge in [-0.05, 0) is 112 Å². The van der Waals surface area contributed by atoms with E-state index in [0.717, 1.165) is 55.3 Å². The molecule has 0 aromatic carbocycles. The first-order valence-electron chi connectivity index (χ1n) is 12.6. The highest BCUT2D eigenvalue weighted by molar-refractivity contribution is 5.25. The van der Waals surface area contributed by atoms with E-state index in [1.54, 1.807) is 5.57 Å². The van der Waals surface area contributed by atoms with Gasteiger partial charge in [0.25, 0.3) is 0 Å². The molecular formula is C27H46O2. The molecule has 0 saturated heterocycles. The zero-order valence-corrected chi connectivity index (χ0v) is 19.7. The van der Waals surface area contributed by atoms with Crippen molar-refractivity contribution in [2.24, 2.45) is 40.4 Å². The van der Waals surface area contributed by atoms with Gasteiger partial charge in [-0.1, -0.05) is 45.3 Å². The van der Waals surface area contributed by atoms with Gasteiger partial charge in [-0.25, -0.2) is 0 Å². The van der Waals surface area contributed by atoms with Crippen LogP contribution in [0.15, 0.2) is 11.6 Å². The van der Waals surface area contributed by atoms with Crippen LogP contribution in [0.3, 0.4) is 0 Å². The van der Waals surface area contributed by atoms with Crippen LogP contribution in [0.4, 0.5) is 0 Å². The smallest absolute Gasteiger partial charge is 0.0591 e. The summed E-state index contributed by atoms with van der Waals surface area (Å²) in [6.07, 6.45) is 15.9. The third-order valence-corrected chi connectivity index (χ3v) is 10.3. The molecule has 0 radical (unpaired) electrons. The molecule has 29 heavy (non-hydrogen) atoms. The molecular weight excluding hydrogens is 356 g/mol. The average molecular weight is 403 g/mol. The lowest BCUT2D eigenvalue weighted by molar-refractivity contribution is -0.0575. The lowest BCUT2D eigenvalue weighted by Gasteiger charge is -2.58. The minimum Gasteiger partial charge on any atom is -0.393 e. The van der Waals surface area contributed by atoms with Crippen LogP contribution in [-0.2, 0) is 0 Å². The Kier molecular flexibility index (Phi) is 5.78. The quantitative estimate of drug-likeness (QED) is 0.515. The maximum Gasteiger partial charge on any atom is 0.0591 e. The van der Waals surface area contributed by atoms with E-state index in [-0.39, 0.29) is 6.10 Å². The highest BCUT2D eigenvalue weighted by atomic mass is 16.3. The fraction of sp³-hybridized carbons (Fsp3) is 0.926. The van der Waals surface area contributed by atoms with Crippen LogP contribution in [0.2, 0.25) is 0 Å². The normalized spacial score (nSPS) is 45.8. The predicted octanol–water partition coefficient (Wildman–Crippen LogP) is 6.50. The zero-order valence-electron chi connectivity index (χ0n) is 19.7. The van der Waals surface area contributed by atoms with Crippen molar-refractivity contribution >= 4 is 0 Å². The summed E-state index contributed by atoms with van der Waals surface area (Å²) in [6.45, 7) is 11.6. The van der Waals surface area contributed by atoms with E-state index in [9.17, 15) is 10.2 Å². The second-order valence-corrected chi connectivity index (χ2v) is 12.6. The molecule has 4 aliphatic rings. The van der Waals surface area contributed by atoms with Crippen molar-refractivity contribution in [1.29, 1.82) is 0 Å². The minimum absolute atomic E-state index is 0.0969. The van der Waals surface area contributed by atoms with E-state index in [4.69, 9.17) is 0 Å². The van der Waals surface area contributed by atoms with Crippen molar-refractivity contribution in [3.63, 3.8) is 0 Å². The number of fused-ring (bicyclic) bond motifs is 5. The SMILES string of the molecule is CC(CCCC(C)(C)O)C1CC[C@H]2[C@@H]3CC=C4CC(O)CC[C@]4(C)[C@@H]3CC[C@]12C. The summed E-state index contributed by atoms with van der Waals surface area (Å²) in [5, 5.41) is 20.3. The molecule has 4 aliphatic carbocycles. The van der Waals surface area contributed by atoms with Gasteiger partial charge in [-0.2, -0.15) is 0 Å². The maximum absolute atomic E-state index is 10.2. The van der Waals surface area contributed by atoms with Gasteiger partial charge in [-0.15, -0.1) is 0 Å². The maximum atomic E-state index is 10.2. The Labute approximate surface area is 179 Å². The lowest BCUT2D eigenvalue weighted by Crippen LogP contribution is -2.50. The predicted molar refractivity (Wildman–Crippen MR) is 121 cm³/mol.